The molecule has 2 rings (SSSR count). The molecule has 2 aromatic rings. The van der Waals surface area contributed by atoms with Crippen LogP contribution in [0.15, 0.2) is 36.5 Å². The molecule has 1 aromatic heterocycles. The van der Waals surface area contributed by atoms with Gasteiger partial charge in [0.2, 0.25) is 0 Å². The van der Waals surface area contributed by atoms with E-state index < -0.39 is 0 Å². The molecule has 0 aliphatic heterocycles. The van der Waals surface area contributed by atoms with Gasteiger partial charge in [-0.2, -0.15) is 5.26 Å². The highest BCUT2D eigenvalue weighted by atomic mass is 16.5. The summed E-state index contributed by atoms with van der Waals surface area (Å²) in [7, 11) is 0. The smallest absolute Gasteiger partial charge is 0.148 e. The fraction of sp³-hybridized carbons (Fsp3) is 0.0769. The standard InChI is InChI=1S/C13H11N3O/c1-9-13(3-2-6-16-9)17-11-5-4-10(8-14)12(15)7-11/h2-7H,15H2,1H3. The Balaban J connectivity index is 2.29. The molecule has 2 N–H and O–H groups in total. The monoisotopic (exact) mass is 225 g/mol. The highest BCUT2D eigenvalue weighted by Gasteiger charge is 2.04. The van der Waals surface area contributed by atoms with Crippen molar-refractivity contribution in [2.24, 2.45) is 0 Å². The number of nitrogens with zero attached hydrogens (tertiary/aromatic N) is 2. The van der Waals surface area contributed by atoms with Crippen LogP contribution >= 0.6 is 0 Å². The third-order valence-electron chi connectivity index (χ3n) is 2.33. The van der Waals surface area contributed by atoms with Gasteiger partial charge in [-0.3, -0.25) is 4.98 Å². The fourth-order valence-electron chi connectivity index (χ4n) is 1.41. The van der Waals surface area contributed by atoms with Gasteiger partial charge in [-0.25, -0.2) is 0 Å². The van der Waals surface area contributed by atoms with Crippen LogP contribution in [-0.2, 0) is 0 Å². The van der Waals surface area contributed by atoms with Crippen LogP contribution in [0, 0.1) is 18.3 Å². The largest absolute Gasteiger partial charge is 0.455 e. The summed E-state index contributed by atoms with van der Waals surface area (Å²) in [5.41, 5.74) is 7.36. The van der Waals surface area contributed by atoms with Crippen LogP contribution in [0.3, 0.4) is 0 Å². The van der Waals surface area contributed by atoms with E-state index in [-0.39, 0.29) is 0 Å². The minimum Gasteiger partial charge on any atom is -0.455 e. The lowest BCUT2D eigenvalue weighted by Crippen LogP contribution is -1.93. The summed E-state index contributed by atoms with van der Waals surface area (Å²) in [6.07, 6.45) is 1.70. The molecule has 0 fully saturated rings. The van der Waals surface area contributed by atoms with Crippen molar-refractivity contribution in [3.8, 4) is 17.6 Å². The molecule has 84 valence electrons. The number of benzene rings is 1. The summed E-state index contributed by atoms with van der Waals surface area (Å²) in [5.74, 6) is 1.27. The van der Waals surface area contributed by atoms with E-state index in [1.54, 1.807) is 30.5 Å². The second-order valence-corrected chi connectivity index (χ2v) is 3.55. The van der Waals surface area contributed by atoms with Crippen LogP contribution in [0.25, 0.3) is 0 Å². The van der Waals surface area contributed by atoms with E-state index >= 15 is 0 Å². The van der Waals surface area contributed by atoms with Gasteiger partial charge in [0.25, 0.3) is 0 Å². The predicted molar refractivity (Wildman–Crippen MR) is 64.6 cm³/mol. The molecule has 0 spiro atoms. The predicted octanol–water partition coefficient (Wildman–Crippen LogP) is 2.64. The van der Waals surface area contributed by atoms with E-state index in [1.807, 2.05) is 19.1 Å². The van der Waals surface area contributed by atoms with Crippen LogP contribution in [0.2, 0.25) is 0 Å². The van der Waals surface area contributed by atoms with Crippen LogP contribution < -0.4 is 10.5 Å². The number of nitrogen functional groups attached to an aromatic ring is 1. The Bertz CT molecular complexity index is 587. The molecule has 0 unspecified atom stereocenters. The summed E-state index contributed by atoms with van der Waals surface area (Å²) in [4.78, 5) is 4.12. The molecular formula is C13H11N3O. The van der Waals surface area contributed by atoms with Crippen LogP contribution in [-0.4, -0.2) is 4.98 Å². The first-order valence-electron chi connectivity index (χ1n) is 5.10. The number of pyridine rings is 1. The van der Waals surface area contributed by atoms with Crippen LogP contribution in [0.4, 0.5) is 5.69 Å². The van der Waals surface area contributed by atoms with Gasteiger partial charge in [0.15, 0.2) is 0 Å². The molecule has 4 heteroatoms. The summed E-state index contributed by atoms with van der Waals surface area (Å²) in [6, 6.07) is 10.6. The number of anilines is 1. The first-order valence-corrected chi connectivity index (χ1v) is 5.10. The first-order chi connectivity index (χ1) is 8.20. The number of hydrogen-bond donors (Lipinski definition) is 1. The molecule has 0 radical (unpaired) electrons. The molecule has 4 nitrogen and oxygen atoms in total. The van der Waals surface area contributed by atoms with E-state index in [0.717, 1.165) is 5.69 Å². The molecule has 1 heterocycles. The minimum absolute atomic E-state index is 0.409. The molecule has 0 saturated heterocycles. The highest BCUT2D eigenvalue weighted by Crippen LogP contribution is 2.26. The number of hydrogen-bond acceptors (Lipinski definition) is 4. The average Bonchev–Trinajstić information content (AvgIpc) is 2.32. The van der Waals surface area contributed by atoms with Crippen molar-refractivity contribution >= 4 is 5.69 Å². The second-order valence-electron chi connectivity index (χ2n) is 3.55. The topological polar surface area (TPSA) is 71.9 Å². The third-order valence-corrected chi connectivity index (χ3v) is 2.33. The van der Waals surface area contributed by atoms with E-state index in [4.69, 9.17) is 15.7 Å². The zero-order chi connectivity index (χ0) is 12.3. The summed E-state index contributed by atoms with van der Waals surface area (Å²) >= 11 is 0. The average molecular weight is 225 g/mol. The normalized spacial score (nSPS) is 9.65. The van der Waals surface area contributed by atoms with Gasteiger partial charge in [0.1, 0.15) is 17.6 Å². The van der Waals surface area contributed by atoms with Crippen molar-refractivity contribution in [3.05, 3.63) is 47.8 Å². The SMILES string of the molecule is Cc1ncccc1Oc1ccc(C#N)c(N)c1. The summed E-state index contributed by atoms with van der Waals surface area (Å²) in [6.45, 7) is 1.86. The maximum atomic E-state index is 8.76. The van der Waals surface area contributed by atoms with Gasteiger partial charge >= 0.3 is 0 Å². The first kappa shape index (κ1) is 11.0. The van der Waals surface area contributed by atoms with Crippen molar-refractivity contribution in [3.63, 3.8) is 0 Å². The van der Waals surface area contributed by atoms with Crippen molar-refractivity contribution in [1.29, 1.82) is 5.26 Å². The van der Waals surface area contributed by atoms with Gasteiger partial charge in [-0.15, -0.1) is 0 Å². The van der Waals surface area contributed by atoms with E-state index in [1.165, 1.54) is 0 Å². The number of ether oxygens (including phenoxy) is 1. The quantitative estimate of drug-likeness (QED) is 0.797. The zero-order valence-electron chi connectivity index (χ0n) is 9.34. The van der Waals surface area contributed by atoms with Crippen molar-refractivity contribution in [1.82, 2.24) is 4.98 Å². The maximum absolute atomic E-state index is 8.76. The molecule has 0 aliphatic rings. The summed E-state index contributed by atoms with van der Waals surface area (Å²) in [5, 5.41) is 8.76. The van der Waals surface area contributed by atoms with E-state index in [0.29, 0.717) is 22.7 Å². The van der Waals surface area contributed by atoms with Gasteiger partial charge in [-0.1, -0.05) is 0 Å². The number of rotatable bonds is 2. The van der Waals surface area contributed by atoms with E-state index in [9.17, 15) is 0 Å². The molecular weight excluding hydrogens is 214 g/mol. The fourth-order valence-corrected chi connectivity index (χ4v) is 1.41. The molecule has 0 amide bonds. The molecule has 0 atom stereocenters. The maximum Gasteiger partial charge on any atom is 0.148 e. The molecule has 0 aliphatic carbocycles. The number of aromatic nitrogens is 1. The lowest BCUT2D eigenvalue weighted by molar-refractivity contribution is 0.476. The Labute approximate surface area is 99.3 Å². The number of nitrogens with two attached hydrogens (primary N) is 1. The minimum atomic E-state index is 0.409. The Morgan fingerprint density at radius 3 is 2.82 bits per heavy atom. The second kappa shape index (κ2) is 4.54. The van der Waals surface area contributed by atoms with Crippen LogP contribution in [0.5, 0.6) is 11.5 Å². The van der Waals surface area contributed by atoms with Crippen LogP contribution in [0.1, 0.15) is 11.3 Å². The zero-order valence-corrected chi connectivity index (χ0v) is 9.34. The van der Waals surface area contributed by atoms with E-state index in [2.05, 4.69) is 4.98 Å². The van der Waals surface area contributed by atoms with Gasteiger partial charge in [0, 0.05) is 12.3 Å². The molecule has 17 heavy (non-hydrogen) atoms. The van der Waals surface area contributed by atoms with Gasteiger partial charge < -0.3 is 10.5 Å². The Morgan fingerprint density at radius 2 is 2.18 bits per heavy atom. The van der Waals surface area contributed by atoms with Gasteiger partial charge in [-0.05, 0) is 31.2 Å². The summed E-state index contributed by atoms with van der Waals surface area (Å²) < 4.78 is 5.64. The third kappa shape index (κ3) is 2.34. The molecule has 1 aromatic carbocycles. The number of nitriles is 1. The van der Waals surface area contributed by atoms with Crippen molar-refractivity contribution < 1.29 is 4.74 Å². The Kier molecular flexibility index (Phi) is 2.93. The number of aryl methyl sites for hydroxylation is 1. The molecule has 0 bridgehead atoms. The Morgan fingerprint density at radius 1 is 1.35 bits per heavy atom. The highest BCUT2D eigenvalue weighted by molar-refractivity contribution is 5.57. The van der Waals surface area contributed by atoms with Crippen molar-refractivity contribution in [2.75, 3.05) is 5.73 Å². The van der Waals surface area contributed by atoms with Gasteiger partial charge in [0.05, 0.1) is 16.9 Å². The lowest BCUT2D eigenvalue weighted by Gasteiger charge is -2.08. The van der Waals surface area contributed by atoms with Crippen molar-refractivity contribution in [2.45, 2.75) is 6.92 Å². The molecule has 0 saturated carbocycles. The lowest BCUT2D eigenvalue weighted by atomic mass is 10.2. The Hall–Kier alpha value is -2.54.